The fraction of sp³-hybridized carbons (Fsp3) is 0.294. The van der Waals surface area contributed by atoms with Crippen LogP contribution in [0, 0.1) is 27.7 Å². The van der Waals surface area contributed by atoms with Crippen LogP contribution in [0.5, 0.6) is 0 Å². The van der Waals surface area contributed by atoms with Crippen LogP contribution in [0.4, 0.5) is 5.13 Å². The Bertz CT molecular complexity index is 965. The molecule has 1 amide bonds. The summed E-state index contributed by atoms with van der Waals surface area (Å²) in [6.07, 6.45) is 1.40. The second-order valence-corrected chi connectivity index (χ2v) is 6.83. The number of benzene rings is 1. The number of anilines is 1. The Morgan fingerprint density at radius 3 is 2.62 bits per heavy atom. The zero-order chi connectivity index (χ0) is 17.4. The lowest BCUT2D eigenvalue weighted by molar-refractivity contribution is -0.116. The summed E-state index contributed by atoms with van der Waals surface area (Å²) in [5.41, 5.74) is 4.13. The molecule has 2 heterocycles. The number of thiazole rings is 1. The fourth-order valence-corrected chi connectivity index (χ4v) is 3.44. The quantitative estimate of drug-likeness (QED) is 0.794. The maximum atomic E-state index is 12.2. The summed E-state index contributed by atoms with van der Waals surface area (Å²) < 4.78 is 2.37. The van der Waals surface area contributed by atoms with Crippen molar-refractivity contribution in [3.05, 3.63) is 51.2 Å². The van der Waals surface area contributed by atoms with Crippen LogP contribution in [0.3, 0.4) is 0 Å². The molecular weight excluding hydrogens is 324 g/mol. The van der Waals surface area contributed by atoms with Crippen molar-refractivity contribution in [3.63, 3.8) is 0 Å². The van der Waals surface area contributed by atoms with E-state index in [0.717, 1.165) is 21.3 Å². The third kappa shape index (κ3) is 2.94. The number of hydrogen-bond donors (Lipinski definition) is 1. The molecule has 1 aromatic carbocycles. The number of amides is 1. The Morgan fingerprint density at radius 1 is 1.21 bits per heavy atom. The Morgan fingerprint density at radius 2 is 1.92 bits per heavy atom. The smallest absolute Gasteiger partial charge is 0.256 e. The van der Waals surface area contributed by atoms with E-state index in [1.807, 2.05) is 26.0 Å². The Labute approximate surface area is 143 Å². The molecule has 124 valence electrons. The minimum atomic E-state index is -0.295. The SMILES string of the molecule is Cc1ncn(CC(=O)Nc2nc3c(C)ccc(C)c3s2)c(=O)c1C. The lowest BCUT2D eigenvalue weighted by atomic mass is 10.1. The molecule has 0 saturated carbocycles. The van der Waals surface area contributed by atoms with Crippen LogP contribution in [-0.4, -0.2) is 20.4 Å². The molecule has 1 N–H and O–H groups in total. The van der Waals surface area contributed by atoms with Crippen LogP contribution in [0.1, 0.15) is 22.4 Å². The summed E-state index contributed by atoms with van der Waals surface area (Å²) in [5, 5.41) is 3.32. The first-order valence-corrected chi connectivity index (χ1v) is 8.37. The van der Waals surface area contributed by atoms with Gasteiger partial charge in [-0.05, 0) is 38.8 Å². The first-order valence-electron chi connectivity index (χ1n) is 7.56. The fourth-order valence-electron chi connectivity index (χ4n) is 2.41. The van der Waals surface area contributed by atoms with E-state index in [1.165, 1.54) is 22.2 Å². The third-order valence-corrected chi connectivity index (χ3v) is 5.12. The lowest BCUT2D eigenvalue weighted by Gasteiger charge is -2.07. The van der Waals surface area contributed by atoms with Gasteiger partial charge in [-0.15, -0.1) is 0 Å². The van der Waals surface area contributed by atoms with Gasteiger partial charge in [-0.1, -0.05) is 23.5 Å². The highest BCUT2D eigenvalue weighted by molar-refractivity contribution is 7.22. The number of aromatic nitrogens is 3. The van der Waals surface area contributed by atoms with E-state index in [0.29, 0.717) is 16.4 Å². The second-order valence-electron chi connectivity index (χ2n) is 5.83. The van der Waals surface area contributed by atoms with E-state index in [-0.39, 0.29) is 18.0 Å². The summed E-state index contributed by atoms with van der Waals surface area (Å²) in [6, 6.07) is 4.06. The topological polar surface area (TPSA) is 76.9 Å². The van der Waals surface area contributed by atoms with Crippen molar-refractivity contribution in [2.45, 2.75) is 34.2 Å². The molecule has 6 nitrogen and oxygen atoms in total. The van der Waals surface area contributed by atoms with E-state index in [1.54, 1.807) is 13.8 Å². The highest BCUT2D eigenvalue weighted by Gasteiger charge is 2.13. The standard InChI is InChI=1S/C17H18N4O2S/c1-9-5-6-10(2)15-14(9)20-17(24-15)19-13(22)7-21-8-18-12(4)11(3)16(21)23/h5-6,8H,7H2,1-4H3,(H,19,20,22). The van der Waals surface area contributed by atoms with Crippen molar-refractivity contribution in [1.29, 1.82) is 0 Å². The highest BCUT2D eigenvalue weighted by Crippen LogP contribution is 2.30. The summed E-state index contributed by atoms with van der Waals surface area (Å²) in [4.78, 5) is 33.0. The van der Waals surface area contributed by atoms with Crippen LogP contribution < -0.4 is 10.9 Å². The van der Waals surface area contributed by atoms with Crippen LogP contribution in [0.2, 0.25) is 0 Å². The summed E-state index contributed by atoms with van der Waals surface area (Å²) in [7, 11) is 0. The van der Waals surface area contributed by atoms with Gasteiger partial charge in [0.15, 0.2) is 5.13 Å². The first-order chi connectivity index (χ1) is 11.4. The van der Waals surface area contributed by atoms with Crippen LogP contribution >= 0.6 is 11.3 Å². The van der Waals surface area contributed by atoms with Gasteiger partial charge in [0.25, 0.3) is 5.56 Å². The highest BCUT2D eigenvalue weighted by atomic mass is 32.1. The molecule has 7 heteroatoms. The Kier molecular flexibility index (Phi) is 4.19. The molecule has 0 unspecified atom stereocenters. The first kappa shape index (κ1) is 16.3. The molecule has 3 aromatic rings. The Balaban J connectivity index is 1.83. The molecule has 0 spiro atoms. The van der Waals surface area contributed by atoms with Crippen molar-refractivity contribution in [2.24, 2.45) is 0 Å². The van der Waals surface area contributed by atoms with Crippen LogP contribution in [-0.2, 0) is 11.3 Å². The van der Waals surface area contributed by atoms with Crippen molar-refractivity contribution in [2.75, 3.05) is 5.32 Å². The Hall–Kier alpha value is -2.54. The van der Waals surface area contributed by atoms with E-state index < -0.39 is 0 Å². The molecule has 0 aliphatic rings. The largest absolute Gasteiger partial charge is 0.300 e. The van der Waals surface area contributed by atoms with Gasteiger partial charge in [0, 0.05) is 11.3 Å². The maximum Gasteiger partial charge on any atom is 0.256 e. The van der Waals surface area contributed by atoms with Crippen molar-refractivity contribution < 1.29 is 4.79 Å². The van der Waals surface area contributed by atoms with Gasteiger partial charge in [-0.25, -0.2) is 9.97 Å². The molecule has 0 atom stereocenters. The monoisotopic (exact) mass is 342 g/mol. The minimum Gasteiger partial charge on any atom is -0.300 e. The number of aryl methyl sites for hydroxylation is 3. The molecule has 3 rings (SSSR count). The molecule has 0 fully saturated rings. The van der Waals surface area contributed by atoms with Crippen molar-refractivity contribution in [3.8, 4) is 0 Å². The van der Waals surface area contributed by atoms with E-state index >= 15 is 0 Å². The molecule has 0 saturated heterocycles. The lowest BCUT2D eigenvalue weighted by Crippen LogP contribution is -2.29. The van der Waals surface area contributed by atoms with Crippen LogP contribution in [0.15, 0.2) is 23.3 Å². The number of nitrogens with one attached hydrogen (secondary N) is 1. The van der Waals surface area contributed by atoms with Gasteiger partial charge in [0.1, 0.15) is 6.54 Å². The molecule has 0 aliphatic heterocycles. The molecule has 0 radical (unpaired) electrons. The van der Waals surface area contributed by atoms with Gasteiger partial charge in [0.05, 0.1) is 16.5 Å². The molecule has 2 aromatic heterocycles. The second kappa shape index (κ2) is 6.16. The number of nitrogens with zero attached hydrogens (tertiary/aromatic N) is 3. The predicted octanol–water partition coefficient (Wildman–Crippen LogP) is 2.73. The number of fused-ring (bicyclic) bond motifs is 1. The van der Waals surface area contributed by atoms with Gasteiger partial charge >= 0.3 is 0 Å². The number of hydrogen-bond acceptors (Lipinski definition) is 5. The van der Waals surface area contributed by atoms with Gasteiger partial charge < -0.3 is 5.32 Å². The molecule has 0 bridgehead atoms. The predicted molar refractivity (Wildman–Crippen MR) is 95.7 cm³/mol. The molecule has 0 aliphatic carbocycles. The van der Waals surface area contributed by atoms with E-state index in [9.17, 15) is 9.59 Å². The number of carbonyl (C=O) groups is 1. The number of rotatable bonds is 3. The third-order valence-electron chi connectivity index (χ3n) is 4.02. The summed E-state index contributed by atoms with van der Waals surface area (Å²) in [6.45, 7) is 7.41. The normalized spacial score (nSPS) is 11.0. The summed E-state index contributed by atoms with van der Waals surface area (Å²) >= 11 is 1.44. The maximum absolute atomic E-state index is 12.2. The van der Waals surface area contributed by atoms with Crippen molar-refractivity contribution in [1.82, 2.24) is 14.5 Å². The van der Waals surface area contributed by atoms with Gasteiger partial charge in [-0.3, -0.25) is 14.2 Å². The average Bonchev–Trinajstić information content (AvgIpc) is 2.96. The van der Waals surface area contributed by atoms with E-state index in [2.05, 4.69) is 15.3 Å². The summed E-state index contributed by atoms with van der Waals surface area (Å²) in [5.74, 6) is -0.295. The van der Waals surface area contributed by atoms with Gasteiger partial charge in [0.2, 0.25) is 5.91 Å². The molecular formula is C17H18N4O2S. The van der Waals surface area contributed by atoms with Crippen molar-refractivity contribution >= 4 is 32.6 Å². The minimum absolute atomic E-state index is 0.0825. The number of carbonyl (C=O) groups excluding carboxylic acids is 1. The van der Waals surface area contributed by atoms with E-state index in [4.69, 9.17) is 0 Å². The average molecular weight is 342 g/mol. The van der Waals surface area contributed by atoms with Gasteiger partial charge in [-0.2, -0.15) is 0 Å². The zero-order valence-electron chi connectivity index (χ0n) is 14.0. The van der Waals surface area contributed by atoms with Crippen LogP contribution in [0.25, 0.3) is 10.2 Å². The molecule has 24 heavy (non-hydrogen) atoms. The zero-order valence-corrected chi connectivity index (χ0v) is 14.8.